The quantitative estimate of drug-likeness (QED) is 0.159. The number of aromatic nitrogens is 1. The molecule has 0 aliphatic carbocycles. The molecule has 4 nitrogen and oxygen atoms in total. The zero-order valence-electron chi connectivity index (χ0n) is 26.2. The topological polar surface area (TPSA) is 40.2 Å². The van der Waals surface area contributed by atoms with Gasteiger partial charge in [0.1, 0.15) is 0 Å². The number of nitrogens with zero attached hydrogens (tertiary/aromatic N) is 2. The van der Waals surface area contributed by atoms with E-state index >= 15 is 0 Å². The van der Waals surface area contributed by atoms with Crippen molar-refractivity contribution in [2.75, 3.05) is 36.8 Å². The molecule has 0 aliphatic rings. The summed E-state index contributed by atoms with van der Waals surface area (Å²) in [7, 11) is 0. The molecule has 40 heavy (non-hydrogen) atoms. The maximum atomic E-state index is 4.62. The first-order chi connectivity index (χ1) is 19.6. The van der Waals surface area contributed by atoms with Gasteiger partial charge in [0, 0.05) is 50.3 Å². The molecule has 0 saturated heterocycles. The second-order valence-corrected chi connectivity index (χ2v) is 10.9. The molecule has 0 amide bonds. The van der Waals surface area contributed by atoms with Crippen molar-refractivity contribution in [1.82, 2.24) is 9.88 Å². The number of hydrogen-bond donors (Lipinski definition) is 2. The van der Waals surface area contributed by atoms with E-state index in [1.54, 1.807) is 0 Å². The van der Waals surface area contributed by atoms with Gasteiger partial charge < -0.3 is 10.6 Å². The highest BCUT2D eigenvalue weighted by molar-refractivity contribution is 5.60. The molecule has 3 rings (SSSR count). The number of nitrogens with one attached hydrogen (secondary N) is 2. The minimum Gasteiger partial charge on any atom is -0.385 e. The molecule has 218 valence electrons. The molecule has 2 aromatic carbocycles. The summed E-state index contributed by atoms with van der Waals surface area (Å²) in [5, 5.41) is 7.65. The van der Waals surface area contributed by atoms with Crippen molar-refractivity contribution in [3.8, 4) is 0 Å². The van der Waals surface area contributed by atoms with Crippen molar-refractivity contribution in [2.45, 2.75) is 99.5 Å². The summed E-state index contributed by atoms with van der Waals surface area (Å²) < 4.78 is 0. The van der Waals surface area contributed by atoms with E-state index in [4.69, 9.17) is 0 Å². The molecule has 0 atom stereocenters. The molecule has 0 spiro atoms. The molecule has 0 unspecified atom stereocenters. The van der Waals surface area contributed by atoms with Crippen molar-refractivity contribution in [1.29, 1.82) is 0 Å². The molecular formula is C36H54N4. The lowest BCUT2D eigenvalue weighted by Gasteiger charge is -2.24. The standard InChI is InChI=1S/C36H54N4/c1-7-28-23-30(9-3)35(31(10-4)24-28)38-19-15-21-40(27-34-17-13-14-18-37-34)22-16-20-39-36-32(11-5)25-29(8-2)26-33(36)12-6/h13-14,17-18,23-26,38-39H,7-12,15-16,19-22,27H2,1-6H3. The van der Waals surface area contributed by atoms with Gasteiger partial charge in [-0.25, -0.2) is 0 Å². The molecule has 1 heterocycles. The summed E-state index contributed by atoms with van der Waals surface area (Å²) >= 11 is 0. The van der Waals surface area contributed by atoms with Crippen LogP contribution in [0.1, 0.15) is 93.5 Å². The molecule has 4 heteroatoms. The van der Waals surface area contributed by atoms with E-state index < -0.39 is 0 Å². The third-order valence-corrected chi connectivity index (χ3v) is 8.08. The van der Waals surface area contributed by atoms with Gasteiger partial charge in [-0.2, -0.15) is 0 Å². The van der Waals surface area contributed by atoms with Crippen molar-refractivity contribution in [3.05, 3.63) is 87.7 Å². The Balaban J connectivity index is 1.60. The third-order valence-electron chi connectivity index (χ3n) is 8.08. The molecule has 0 bridgehead atoms. The maximum absolute atomic E-state index is 4.62. The number of anilines is 2. The monoisotopic (exact) mass is 542 g/mol. The molecular weight excluding hydrogens is 488 g/mol. The summed E-state index contributed by atoms with van der Waals surface area (Å²) in [6.07, 6.45) is 10.6. The van der Waals surface area contributed by atoms with Crippen LogP contribution in [0.2, 0.25) is 0 Å². The molecule has 3 aromatic rings. The predicted octanol–water partition coefficient (Wildman–Crippen LogP) is 8.26. The highest BCUT2D eigenvalue weighted by Gasteiger charge is 2.12. The number of rotatable bonds is 18. The molecule has 0 fully saturated rings. The average Bonchev–Trinajstić information content (AvgIpc) is 3.00. The van der Waals surface area contributed by atoms with Crippen LogP contribution in [0.3, 0.4) is 0 Å². The molecule has 2 N–H and O–H groups in total. The van der Waals surface area contributed by atoms with Crippen LogP contribution in [-0.4, -0.2) is 36.1 Å². The van der Waals surface area contributed by atoms with E-state index in [2.05, 4.69) is 98.5 Å². The summed E-state index contributed by atoms with van der Waals surface area (Å²) in [5.74, 6) is 0. The Labute approximate surface area is 245 Å². The normalized spacial score (nSPS) is 11.3. The first-order valence-corrected chi connectivity index (χ1v) is 16.0. The van der Waals surface area contributed by atoms with Crippen LogP contribution in [0.4, 0.5) is 11.4 Å². The second kappa shape index (κ2) is 17.1. The Bertz CT molecular complexity index is 1030. The van der Waals surface area contributed by atoms with E-state index in [0.29, 0.717) is 0 Å². The summed E-state index contributed by atoms with van der Waals surface area (Å²) in [6, 6.07) is 15.8. The van der Waals surface area contributed by atoms with Crippen molar-refractivity contribution >= 4 is 11.4 Å². The van der Waals surface area contributed by atoms with Crippen LogP contribution in [0, 0.1) is 0 Å². The van der Waals surface area contributed by atoms with Gasteiger partial charge in [0.15, 0.2) is 0 Å². The minimum atomic E-state index is 0.901. The van der Waals surface area contributed by atoms with Gasteiger partial charge in [-0.3, -0.25) is 9.88 Å². The van der Waals surface area contributed by atoms with Gasteiger partial charge in [0.05, 0.1) is 5.69 Å². The summed E-state index contributed by atoms with van der Waals surface area (Å²) in [6.45, 7) is 18.6. The second-order valence-electron chi connectivity index (χ2n) is 10.9. The Morgan fingerprint density at radius 1 is 0.600 bits per heavy atom. The van der Waals surface area contributed by atoms with E-state index in [0.717, 1.165) is 89.8 Å². The smallest absolute Gasteiger partial charge is 0.0543 e. The van der Waals surface area contributed by atoms with Crippen LogP contribution in [0.25, 0.3) is 0 Å². The lowest BCUT2D eigenvalue weighted by atomic mass is 9.98. The maximum Gasteiger partial charge on any atom is 0.0543 e. The zero-order chi connectivity index (χ0) is 28.7. The zero-order valence-corrected chi connectivity index (χ0v) is 26.2. The molecule has 0 aliphatic heterocycles. The number of hydrogen-bond acceptors (Lipinski definition) is 4. The first-order valence-electron chi connectivity index (χ1n) is 16.0. The Hall–Kier alpha value is -2.85. The van der Waals surface area contributed by atoms with Gasteiger partial charge >= 0.3 is 0 Å². The predicted molar refractivity (Wildman–Crippen MR) is 175 cm³/mol. The largest absolute Gasteiger partial charge is 0.385 e. The summed E-state index contributed by atoms with van der Waals surface area (Å²) in [4.78, 5) is 7.20. The lowest BCUT2D eigenvalue weighted by Crippen LogP contribution is -2.28. The first kappa shape index (κ1) is 31.7. The van der Waals surface area contributed by atoms with Crippen LogP contribution < -0.4 is 10.6 Å². The molecule has 0 radical (unpaired) electrons. The average molecular weight is 543 g/mol. The van der Waals surface area contributed by atoms with E-state index in [1.807, 2.05) is 12.3 Å². The molecule has 1 aromatic heterocycles. The van der Waals surface area contributed by atoms with Gasteiger partial charge in [-0.05, 0) is 96.9 Å². The van der Waals surface area contributed by atoms with Crippen molar-refractivity contribution < 1.29 is 0 Å². The lowest BCUT2D eigenvalue weighted by molar-refractivity contribution is 0.260. The van der Waals surface area contributed by atoms with Crippen molar-refractivity contribution in [2.24, 2.45) is 0 Å². The fourth-order valence-electron chi connectivity index (χ4n) is 5.68. The van der Waals surface area contributed by atoms with Gasteiger partial charge in [-0.15, -0.1) is 0 Å². The Morgan fingerprint density at radius 3 is 1.40 bits per heavy atom. The fraction of sp³-hybridized carbons (Fsp3) is 0.528. The fourth-order valence-corrected chi connectivity index (χ4v) is 5.68. The Morgan fingerprint density at radius 2 is 1.05 bits per heavy atom. The van der Waals surface area contributed by atoms with Gasteiger partial charge in [0.2, 0.25) is 0 Å². The highest BCUT2D eigenvalue weighted by Crippen LogP contribution is 2.26. The van der Waals surface area contributed by atoms with Crippen LogP contribution >= 0.6 is 0 Å². The summed E-state index contributed by atoms with van der Waals surface area (Å²) in [5.41, 5.74) is 12.6. The minimum absolute atomic E-state index is 0.901. The third kappa shape index (κ3) is 9.09. The van der Waals surface area contributed by atoms with E-state index in [1.165, 1.54) is 44.8 Å². The highest BCUT2D eigenvalue weighted by atomic mass is 15.1. The van der Waals surface area contributed by atoms with Crippen molar-refractivity contribution in [3.63, 3.8) is 0 Å². The van der Waals surface area contributed by atoms with E-state index in [-0.39, 0.29) is 0 Å². The van der Waals surface area contributed by atoms with Gasteiger partial charge in [0.25, 0.3) is 0 Å². The number of pyridine rings is 1. The Kier molecular flexibility index (Phi) is 13.5. The number of benzene rings is 2. The number of aryl methyl sites for hydroxylation is 6. The van der Waals surface area contributed by atoms with Crippen LogP contribution in [0.15, 0.2) is 48.7 Å². The SMILES string of the molecule is CCc1cc(CC)c(NCCCN(CCCNc2c(CC)cc(CC)cc2CC)Cc2ccccn2)c(CC)c1. The molecule has 0 saturated carbocycles. The van der Waals surface area contributed by atoms with Gasteiger partial charge in [-0.1, -0.05) is 71.9 Å². The van der Waals surface area contributed by atoms with E-state index in [9.17, 15) is 0 Å². The van der Waals surface area contributed by atoms with Crippen LogP contribution in [-0.2, 0) is 45.1 Å². The van der Waals surface area contributed by atoms with Crippen LogP contribution in [0.5, 0.6) is 0 Å².